The highest BCUT2D eigenvalue weighted by Crippen LogP contribution is 2.44. The van der Waals surface area contributed by atoms with Crippen LogP contribution in [-0.2, 0) is 18.4 Å². The lowest BCUT2D eigenvalue weighted by Gasteiger charge is -2.36. The lowest BCUT2D eigenvalue weighted by Crippen LogP contribution is -2.40. The molecular formula is C31H27BrN4O2S. The number of hydrogen-bond donors (Lipinski definition) is 0. The highest BCUT2D eigenvalue weighted by atomic mass is 79.9. The maximum atomic E-state index is 14.3. The van der Waals surface area contributed by atoms with E-state index in [-0.39, 0.29) is 22.5 Å². The van der Waals surface area contributed by atoms with E-state index in [0.717, 1.165) is 39.7 Å². The second-order valence-corrected chi connectivity index (χ2v) is 12.0. The highest BCUT2D eigenvalue weighted by molar-refractivity contribution is 9.10. The molecule has 196 valence electrons. The molecule has 8 heteroatoms. The number of carbonyl (C=O) groups is 1. The van der Waals surface area contributed by atoms with Gasteiger partial charge in [0.05, 0.1) is 18.0 Å². The summed E-state index contributed by atoms with van der Waals surface area (Å²) in [4.78, 5) is 27.4. The zero-order chi connectivity index (χ0) is 27.1. The first-order valence-electron chi connectivity index (χ1n) is 13.0. The summed E-state index contributed by atoms with van der Waals surface area (Å²) in [6, 6.07) is 25.6. The van der Waals surface area contributed by atoms with Crippen molar-refractivity contribution in [3.8, 4) is 11.3 Å². The van der Waals surface area contributed by atoms with E-state index in [0.29, 0.717) is 23.0 Å². The Morgan fingerprint density at radius 2 is 1.72 bits per heavy atom. The summed E-state index contributed by atoms with van der Waals surface area (Å²) in [5, 5.41) is 9.66. The Hall–Kier alpha value is -3.49. The molecule has 0 bridgehead atoms. The van der Waals surface area contributed by atoms with Crippen molar-refractivity contribution >= 4 is 39.3 Å². The van der Waals surface area contributed by atoms with Crippen molar-refractivity contribution in [1.29, 1.82) is 0 Å². The van der Waals surface area contributed by atoms with Gasteiger partial charge < -0.3 is 0 Å². The first kappa shape index (κ1) is 25.8. The Balaban J connectivity index is 1.55. The average Bonchev–Trinajstić information content (AvgIpc) is 3.38. The average molecular weight is 600 g/mol. The van der Waals surface area contributed by atoms with E-state index in [1.807, 2.05) is 71.1 Å². The first-order valence-corrected chi connectivity index (χ1v) is 14.7. The fraction of sp³-hybridized carbons (Fsp3) is 0.226. The van der Waals surface area contributed by atoms with Crippen LogP contribution in [0.3, 0.4) is 0 Å². The monoisotopic (exact) mass is 598 g/mol. The highest BCUT2D eigenvalue weighted by Gasteiger charge is 2.39. The Bertz CT molecular complexity index is 1760. The minimum atomic E-state index is -0.354. The number of halogens is 1. The predicted molar refractivity (Wildman–Crippen MR) is 159 cm³/mol. The molecule has 0 spiro atoms. The third-order valence-electron chi connectivity index (χ3n) is 7.70. The molecule has 2 aromatic heterocycles. The van der Waals surface area contributed by atoms with Crippen molar-refractivity contribution in [2.24, 2.45) is 0 Å². The summed E-state index contributed by atoms with van der Waals surface area (Å²) in [6.45, 7) is 4.70. The Morgan fingerprint density at radius 3 is 2.46 bits per heavy atom. The molecule has 6 nitrogen and oxygen atoms in total. The normalized spacial score (nSPS) is 16.2. The second-order valence-electron chi connectivity index (χ2n) is 10.2. The smallest absolute Gasteiger partial charge is 0.259 e. The topological polar surface area (TPSA) is 69.3 Å². The summed E-state index contributed by atoms with van der Waals surface area (Å²) in [6.07, 6.45) is 1.60. The molecule has 0 saturated heterocycles. The standard InChI is InChI=1S/C31H27BrN4O2S/c1-3-31(2)17-22-11-7-8-12-24(22)27-26(31)28(38)35(18-20-9-5-4-6-10-20)29-33-34-30(36(27)29)39-19-25(37)21-13-15-23(32)16-14-21/h4-16H,3,17-19H2,1-2H3. The molecule has 3 aromatic carbocycles. The van der Waals surface area contributed by atoms with Gasteiger partial charge >= 0.3 is 0 Å². The molecule has 39 heavy (non-hydrogen) atoms. The third kappa shape index (κ3) is 4.55. The molecule has 5 aromatic rings. The van der Waals surface area contributed by atoms with Crippen LogP contribution in [0.5, 0.6) is 0 Å². The van der Waals surface area contributed by atoms with E-state index < -0.39 is 0 Å². The van der Waals surface area contributed by atoms with E-state index in [4.69, 9.17) is 0 Å². The van der Waals surface area contributed by atoms with Crippen LogP contribution in [0.1, 0.15) is 47.3 Å². The molecule has 2 heterocycles. The Morgan fingerprint density at radius 1 is 1.00 bits per heavy atom. The van der Waals surface area contributed by atoms with Gasteiger partial charge in [0, 0.05) is 26.6 Å². The minimum absolute atomic E-state index is 0.00882. The predicted octanol–water partition coefficient (Wildman–Crippen LogP) is 6.57. The van der Waals surface area contributed by atoms with E-state index in [9.17, 15) is 9.59 Å². The van der Waals surface area contributed by atoms with Gasteiger partial charge in [-0.25, -0.2) is 0 Å². The maximum absolute atomic E-state index is 14.3. The number of hydrogen-bond acceptors (Lipinski definition) is 5. The molecule has 0 saturated carbocycles. The number of nitrogens with zero attached hydrogens (tertiary/aromatic N) is 4. The zero-order valence-electron chi connectivity index (χ0n) is 21.7. The first-order chi connectivity index (χ1) is 18.9. The van der Waals surface area contributed by atoms with Crippen molar-refractivity contribution in [1.82, 2.24) is 19.2 Å². The SMILES string of the molecule is CCC1(C)Cc2ccccc2-c2c1c(=O)n(Cc1ccccc1)c1nnc(SCC(=O)c3ccc(Br)cc3)n21. The van der Waals surface area contributed by atoms with E-state index >= 15 is 0 Å². The van der Waals surface area contributed by atoms with Gasteiger partial charge in [0.2, 0.25) is 5.78 Å². The molecular weight excluding hydrogens is 572 g/mol. The molecule has 1 aliphatic rings. The van der Waals surface area contributed by atoms with Gasteiger partial charge in [-0.1, -0.05) is 108 Å². The quantitative estimate of drug-likeness (QED) is 0.156. The molecule has 0 amide bonds. The number of aromatic nitrogens is 4. The minimum Gasteiger partial charge on any atom is -0.293 e. The van der Waals surface area contributed by atoms with Gasteiger partial charge in [-0.2, -0.15) is 0 Å². The molecule has 1 aliphatic carbocycles. The molecule has 1 unspecified atom stereocenters. The molecule has 0 N–H and O–H groups in total. The lowest BCUT2D eigenvalue weighted by molar-refractivity contribution is 0.102. The van der Waals surface area contributed by atoms with E-state index in [2.05, 4.69) is 52.1 Å². The number of ketones is 1. The van der Waals surface area contributed by atoms with Gasteiger partial charge in [-0.15, -0.1) is 10.2 Å². The number of Topliss-reactive ketones (excluding diaryl/α,β-unsaturated/α-hetero) is 1. The molecule has 1 atom stereocenters. The number of carbonyl (C=O) groups excluding carboxylic acids is 1. The van der Waals surface area contributed by atoms with Crippen LogP contribution in [-0.4, -0.2) is 30.7 Å². The van der Waals surface area contributed by atoms with Crippen molar-refractivity contribution in [3.63, 3.8) is 0 Å². The van der Waals surface area contributed by atoms with Crippen LogP contribution in [0.4, 0.5) is 0 Å². The number of fused-ring (bicyclic) bond motifs is 5. The fourth-order valence-corrected chi connectivity index (χ4v) is 6.53. The van der Waals surface area contributed by atoms with Crippen molar-refractivity contribution < 1.29 is 4.79 Å². The van der Waals surface area contributed by atoms with Gasteiger partial charge in [-0.3, -0.25) is 18.6 Å². The Kier molecular flexibility index (Phi) is 6.77. The third-order valence-corrected chi connectivity index (χ3v) is 9.15. The fourth-order valence-electron chi connectivity index (χ4n) is 5.44. The number of rotatable bonds is 7. The van der Waals surface area contributed by atoms with Crippen LogP contribution in [0.2, 0.25) is 0 Å². The van der Waals surface area contributed by atoms with Gasteiger partial charge in [-0.05, 0) is 36.1 Å². The molecule has 0 radical (unpaired) electrons. The summed E-state index contributed by atoms with van der Waals surface area (Å²) < 4.78 is 4.67. The second kappa shape index (κ2) is 10.2. The lowest BCUT2D eigenvalue weighted by atomic mass is 9.69. The summed E-state index contributed by atoms with van der Waals surface area (Å²) in [7, 11) is 0. The van der Waals surface area contributed by atoms with Gasteiger partial charge in [0.15, 0.2) is 10.9 Å². The molecule has 0 aliphatic heterocycles. The maximum Gasteiger partial charge on any atom is 0.259 e. The van der Waals surface area contributed by atoms with Crippen molar-refractivity contribution in [2.45, 2.75) is 43.8 Å². The largest absolute Gasteiger partial charge is 0.293 e. The molecule has 0 fully saturated rings. The van der Waals surface area contributed by atoms with Crippen LogP contribution >= 0.6 is 27.7 Å². The van der Waals surface area contributed by atoms with Crippen LogP contribution in [0.25, 0.3) is 17.0 Å². The number of thioether (sulfide) groups is 1. The van der Waals surface area contributed by atoms with Gasteiger partial charge in [0.25, 0.3) is 5.56 Å². The van der Waals surface area contributed by atoms with Crippen LogP contribution in [0.15, 0.2) is 93.3 Å². The summed E-state index contributed by atoms with van der Waals surface area (Å²) >= 11 is 4.78. The van der Waals surface area contributed by atoms with Crippen molar-refractivity contribution in [2.75, 3.05) is 5.75 Å². The summed E-state index contributed by atoms with van der Waals surface area (Å²) in [5.74, 6) is 0.702. The van der Waals surface area contributed by atoms with Gasteiger partial charge in [0.1, 0.15) is 0 Å². The van der Waals surface area contributed by atoms with Crippen LogP contribution in [0, 0.1) is 0 Å². The number of benzene rings is 3. The van der Waals surface area contributed by atoms with Crippen LogP contribution < -0.4 is 5.56 Å². The van der Waals surface area contributed by atoms with E-state index in [1.54, 1.807) is 4.57 Å². The zero-order valence-corrected chi connectivity index (χ0v) is 24.1. The summed E-state index contributed by atoms with van der Waals surface area (Å²) in [5.41, 5.74) is 5.12. The van der Waals surface area contributed by atoms with E-state index in [1.165, 1.54) is 17.3 Å². The Labute approximate surface area is 239 Å². The molecule has 6 rings (SSSR count). The van der Waals surface area contributed by atoms with Crippen molar-refractivity contribution in [3.05, 3.63) is 116 Å².